The fourth-order valence-electron chi connectivity index (χ4n) is 2.97. The Bertz CT molecular complexity index is 358. The predicted octanol–water partition coefficient (Wildman–Crippen LogP) is 6.00. The van der Waals surface area contributed by atoms with Crippen molar-refractivity contribution in [1.82, 2.24) is 0 Å². The van der Waals surface area contributed by atoms with Gasteiger partial charge in [-0.1, -0.05) is 137 Å². The second-order valence-electron chi connectivity index (χ2n) is 7.68. The second kappa shape index (κ2) is 31.2. The van der Waals surface area contributed by atoms with Crippen molar-refractivity contribution in [3.05, 3.63) is 0 Å². The standard InChI is InChI=1S/C20H42.CH4.2H3O4P.H2O/c1-3-5-7-9-11-13-15-17-19-20-18-16-14-12-10-8-6-4-2;;2*1-5(2,3)4;/h3-20H2,1-2H3;1H4;2*(H3,1,2,3,4);1H2. The summed E-state index contributed by atoms with van der Waals surface area (Å²) in [6.45, 7) is 4.59. The van der Waals surface area contributed by atoms with Crippen LogP contribution in [0.5, 0.6) is 0 Å². The maximum absolute atomic E-state index is 8.88. The first-order valence-corrected chi connectivity index (χ1v) is 14.6. The molecule has 0 aromatic rings. The molecule has 0 aromatic heterocycles. The van der Waals surface area contributed by atoms with Crippen LogP contribution in [0.4, 0.5) is 0 Å². The van der Waals surface area contributed by atoms with Gasteiger partial charge in [0.25, 0.3) is 0 Å². The maximum atomic E-state index is 8.88. The molecular formula is C21H54O9P2. The van der Waals surface area contributed by atoms with E-state index in [0.29, 0.717) is 0 Å². The van der Waals surface area contributed by atoms with Gasteiger partial charge in [0.2, 0.25) is 0 Å². The second-order valence-corrected chi connectivity index (χ2v) is 9.74. The molecule has 0 aromatic carbocycles. The number of phosphoric acid groups is 2. The van der Waals surface area contributed by atoms with Crippen molar-refractivity contribution in [2.45, 2.75) is 137 Å². The van der Waals surface area contributed by atoms with Crippen LogP contribution in [0.25, 0.3) is 0 Å². The van der Waals surface area contributed by atoms with E-state index in [9.17, 15) is 0 Å². The van der Waals surface area contributed by atoms with Crippen molar-refractivity contribution in [3.8, 4) is 0 Å². The monoisotopic (exact) mass is 512 g/mol. The lowest BCUT2D eigenvalue weighted by atomic mass is 10.0. The molecule has 32 heavy (non-hydrogen) atoms. The summed E-state index contributed by atoms with van der Waals surface area (Å²) < 4.78 is 17.8. The van der Waals surface area contributed by atoms with E-state index in [1.807, 2.05) is 0 Å². The molecule has 0 aliphatic rings. The Hall–Kier alpha value is 0.180. The van der Waals surface area contributed by atoms with E-state index < -0.39 is 15.6 Å². The van der Waals surface area contributed by atoms with Crippen LogP contribution in [-0.2, 0) is 9.13 Å². The quantitative estimate of drug-likeness (QED) is 0.101. The van der Waals surface area contributed by atoms with Gasteiger partial charge in [0.15, 0.2) is 0 Å². The van der Waals surface area contributed by atoms with Gasteiger partial charge >= 0.3 is 15.6 Å². The SMILES string of the molecule is C.CCCCCCCCCCCCCCCCCCCC.O.O=P(O)(O)O.O=P(O)(O)O. The third-order valence-corrected chi connectivity index (χ3v) is 4.46. The topological polar surface area (TPSA) is 187 Å². The molecule has 0 bridgehead atoms. The van der Waals surface area contributed by atoms with Crippen LogP contribution in [0.2, 0.25) is 0 Å². The van der Waals surface area contributed by atoms with Crippen molar-refractivity contribution in [2.24, 2.45) is 0 Å². The number of hydrogen-bond donors (Lipinski definition) is 6. The zero-order valence-corrected chi connectivity index (χ0v) is 21.4. The minimum Gasteiger partial charge on any atom is -0.412 e. The molecule has 0 fully saturated rings. The van der Waals surface area contributed by atoms with Gasteiger partial charge in [0, 0.05) is 0 Å². The molecule has 0 spiro atoms. The summed E-state index contributed by atoms with van der Waals surface area (Å²) >= 11 is 0. The van der Waals surface area contributed by atoms with Gasteiger partial charge in [-0.15, -0.1) is 0 Å². The third-order valence-electron chi connectivity index (χ3n) is 4.46. The summed E-state index contributed by atoms with van der Waals surface area (Å²) in [6.07, 6.45) is 26.4. The normalized spacial score (nSPS) is 10.6. The third kappa shape index (κ3) is 87.1. The fourth-order valence-corrected chi connectivity index (χ4v) is 2.97. The lowest BCUT2D eigenvalue weighted by Crippen LogP contribution is -1.83. The average Bonchev–Trinajstić information content (AvgIpc) is 2.58. The summed E-state index contributed by atoms with van der Waals surface area (Å²) in [5.41, 5.74) is 0. The van der Waals surface area contributed by atoms with Gasteiger partial charge in [0.1, 0.15) is 0 Å². The van der Waals surface area contributed by atoms with Crippen molar-refractivity contribution in [2.75, 3.05) is 0 Å². The highest BCUT2D eigenvalue weighted by Gasteiger charge is 2.00. The zero-order chi connectivity index (χ0) is 23.7. The highest BCUT2D eigenvalue weighted by atomic mass is 31.2. The Morgan fingerprint density at radius 3 is 0.594 bits per heavy atom. The van der Waals surface area contributed by atoms with E-state index in [4.69, 9.17) is 38.5 Å². The zero-order valence-electron chi connectivity index (χ0n) is 19.6. The van der Waals surface area contributed by atoms with E-state index in [2.05, 4.69) is 13.8 Å². The number of hydrogen-bond acceptors (Lipinski definition) is 2. The molecule has 0 aliphatic heterocycles. The van der Waals surface area contributed by atoms with E-state index in [-0.39, 0.29) is 12.9 Å². The number of unbranched alkanes of at least 4 members (excludes halogenated alkanes) is 17. The molecule has 0 unspecified atom stereocenters. The van der Waals surface area contributed by atoms with Crippen LogP contribution in [0.1, 0.15) is 137 Å². The van der Waals surface area contributed by atoms with Gasteiger partial charge in [0.05, 0.1) is 0 Å². The molecule has 0 amide bonds. The van der Waals surface area contributed by atoms with E-state index >= 15 is 0 Å². The molecule has 0 radical (unpaired) electrons. The molecule has 0 rings (SSSR count). The molecule has 11 heteroatoms. The van der Waals surface area contributed by atoms with Crippen molar-refractivity contribution in [1.29, 1.82) is 0 Å². The van der Waals surface area contributed by atoms with Crippen LogP contribution in [-0.4, -0.2) is 34.8 Å². The summed E-state index contributed by atoms with van der Waals surface area (Å²) in [5, 5.41) is 0. The largest absolute Gasteiger partial charge is 0.466 e. The molecule has 8 N–H and O–H groups in total. The first-order chi connectivity index (χ1) is 13.9. The number of rotatable bonds is 17. The van der Waals surface area contributed by atoms with E-state index in [0.717, 1.165) is 0 Å². The molecular weight excluding hydrogens is 458 g/mol. The van der Waals surface area contributed by atoms with Crippen LogP contribution in [0, 0.1) is 0 Å². The minimum atomic E-state index is -4.64. The Balaban J connectivity index is -0.000000169. The van der Waals surface area contributed by atoms with Gasteiger partial charge < -0.3 is 34.8 Å². The first-order valence-electron chi connectivity index (χ1n) is 11.5. The molecule has 0 aliphatic carbocycles. The van der Waals surface area contributed by atoms with Gasteiger partial charge in [-0.3, -0.25) is 0 Å². The van der Waals surface area contributed by atoms with Crippen molar-refractivity contribution in [3.63, 3.8) is 0 Å². The molecule has 0 saturated carbocycles. The van der Waals surface area contributed by atoms with Gasteiger partial charge in [-0.05, 0) is 0 Å². The van der Waals surface area contributed by atoms with Crippen LogP contribution in [0.15, 0.2) is 0 Å². The Kier molecular flexibility index (Phi) is 41.3. The summed E-state index contributed by atoms with van der Waals surface area (Å²) in [5.74, 6) is 0. The predicted molar refractivity (Wildman–Crippen MR) is 133 cm³/mol. The smallest absolute Gasteiger partial charge is 0.412 e. The van der Waals surface area contributed by atoms with Crippen LogP contribution >= 0.6 is 15.6 Å². The molecule has 0 heterocycles. The average molecular weight is 513 g/mol. The van der Waals surface area contributed by atoms with Crippen molar-refractivity contribution >= 4 is 15.6 Å². The Morgan fingerprint density at radius 1 is 0.406 bits per heavy atom. The molecule has 0 saturated heterocycles. The fraction of sp³-hybridized carbons (Fsp3) is 1.00. The highest BCUT2D eigenvalue weighted by Crippen LogP contribution is 2.26. The van der Waals surface area contributed by atoms with Crippen LogP contribution in [0.3, 0.4) is 0 Å². The van der Waals surface area contributed by atoms with Gasteiger partial charge in [-0.2, -0.15) is 0 Å². The lowest BCUT2D eigenvalue weighted by Gasteiger charge is -2.03. The first kappa shape index (κ1) is 42.3. The van der Waals surface area contributed by atoms with Crippen LogP contribution < -0.4 is 0 Å². The van der Waals surface area contributed by atoms with Crippen molar-refractivity contribution < 1.29 is 44.0 Å². The summed E-state index contributed by atoms with van der Waals surface area (Å²) in [7, 11) is -9.28. The summed E-state index contributed by atoms with van der Waals surface area (Å²) in [4.78, 5) is 43.1. The lowest BCUT2D eigenvalue weighted by molar-refractivity contribution is 0.272. The Morgan fingerprint density at radius 2 is 0.500 bits per heavy atom. The van der Waals surface area contributed by atoms with E-state index in [1.165, 1.54) is 116 Å². The summed E-state index contributed by atoms with van der Waals surface area (Å²) in [6, 6.07) is 0. The Labute approximate surface area is 196 Å². The highest BCUT2D eigenvalue weighted by molar-refractivity contribution is 7.45. The van der Waals surface area contributed by atoms with Gasteiger partial charge in [-0.25, -0.2) is 9.13 Å². The minimum absolute atomic E-state index is 0. The molecule has 0 atom stereocenters. The van der Waals surface area contributed by atoms with E-state index in [1.54, 1.807) is 0 Å². The molecule has 9 nitrogen and oxygen atoms in total. The molecule has 202 valence electrons. The maximum Gasteiger partial charge on any atom is 0.466 e.